The van der Waals surface area contributed by atoms with Crippen molar-refractivity contribution >= 4 is 47.2 Å². The number of benzene rings is 2. The van der Waals surface area contributed by atoms with Crippen molar-refractivity contribution in [3.05, 3.63) is 57.6 Å². The number of hydrogen-bond donors (Lipinski definition) is 2. The van der Waals surface area contributed by atoms with Gasteiger partial charge in [0.05, 0.1) is 35.6 Å². The van der Waals surface area contributed by atoms with Gasteiger partial charge in [0.15, 0.2) is 0 Å². The molecule has 1 aliphatic heterocycles. The minimum absolute atomic E-state index is 0. The van der Waals surface area contributed by atoms with Crippen molar-refractivity contribution in [2.24, 2.45) is 0 Å². The van der Waals surface area contributed by atoms with Crippen LogP contribution in [0.15, 0.2) is 36.4 Å². The highest BCUT2D eigenvalue weighted by Gasteiger charge is 2.23. The summed E-state index contributed by atoms with van der Waals surface area (Å²) in [7, 11) is 0. The average Bonchev–Trinajstić information content (AvgIpc) is 2.71. The van der Waals surface area contributed by atoms with Gasteiger partial charge in [-0.2, -0.15) is 0 Å². The highest BCUT2D eigenvalue weighted by Crippen LogP contribution is 2.29. The second-order valence-corrected chi connectivity index (χ2v) is 7.65. The minimum Gasteiger partial charge on any atom is -0.493 e. The molecule has 0 spiro atoms. The number of carbonyl (C=O) groups is 1. The van der Waals surface area contributed by atoms with Gasteiger partial charge in [-0.3, -0.25) is 9.69 Å². The molecule has 1 amide bonds. The lowest BCUT2D eigenvalue weighted by Crippen LogP contribution is -2.47. The molecule has 1 fully saturated rings. The van der Waals surface area contributed by atoms with Crippen LogP contribution < -0.4 is 15.8 Å². The summed E-state index contributed by atoms with van der Waals surface area (Å²) in [5, 5.41) is 3.99. The quantitative estimate of drug-likeness (QED) is 0.593. The Hall–Kier alpha value is -1.70. The van der Waals surface area contributed by atoms with E-state index >= 15 is 0 Å². The summed E-state index contributed by atoms with van der Waals surface area (Å²) in [6.07, 6.45) is -0.116. The summed E-state index contributed by atoms with van der Waals surface area (Å²) < 4.78 is 11.3. The number of anilines is 1. The SMILES string of the molecule is CCOc1cc(N)c(Cl)cc1C(=O)NCC1CN(Cc2ccccc2Cl)CCO1.Cl. The predicted molar refractivity (Wildman–Crippen MR) is 123 cm³/mol. The lowest BCUT2D eigenvalue weighted by Gasteiger charge is -2.33. The van der Waals surface area contributed by atoms with Crippen LogP contribution in [-0.2, 0) is 11.3 Å². The van der Waals surface area contributed by atoms with Crippen molar-refractivity contribution in [2.45, 2.75) is 19.6 Å². The molecular formula is C21H26Cl3N3O3. The van der Waals surface area contributed by atoms with Gasteiger partial charge in [-0.05, 0) is 24.6 Å². The first kappa shape index (κ1) is 24.6. The van der Waals surface area contributed by atoms with E-state index in [4.69, 9.17) is 38.4 Å². The van der Waals surface area contributed by atoms with Gasteiger partial charge in [0, 0.05) is 37.3 Å². The molecule has 6 nitrogen and oxygen atoms in total. The Balaban J connectivity index is 0.00000320. The van der Waals surface area contributed by atoms with E-state index in [-0.39, 0.29) is 24.4 Å². The topological polar surface area (TPSA) is 76.8 Å². The van der Waals surface area contributed by atoms with Crippen molar-refractivity contribution in [3.8, 4) is 5.75 Å². The predicted octanol–water partition coefficient (Wildman–Crippen LogP) is 4.03. The zero-order chi connectivity index (χ0) is 20.8. The zero-order valence-corrected chi connectivity index (χ0v) is 19.0. The van der Waals surface area contributed by atoms with Crippen LogP contribution in [0.4, 0.5) is 5.69 Å². The average molecular weight is 475 g/mol. The third kappa shape index (κ3) is 6.40. The molecule has 3 rings (SSSR count). The Kier molecular flexibility index (Phi) is 9.52. The fourth-order valence-electron chi connectivity index (χ4n) is 3.24. The van der Waals surface area contributed by atoms with Gasteiger partial charge in [0.2, 0.25) is 0 Å². The standard InChI is InChI=1S/C21H25Cl2N3O3.ClH/c1-2-28-20-10-19(24)18(23)9-16(20)21(27)25-11-15-13-26(7-8-29-15)12-14-5-3-4-6-17(14)22;/h3-6,9-10,15H,2,7-8,11-13,24H2,1H3,(H,25,27);1H. The van der Waals surface area contributed by atoms with E-state index in [1.165, 1.54) is 6.07 Å². The molecule has 2 aromatic carbocycles. The summed E-state index contributed by atoms with van der Waals surface area (Å²) in [4.78, 5) is 15.0. The molecule has 30 heavy (non-hydrogen) atoms. The number of nitrogens with zero attached hydrogens (tertiary/aromatic N) is 1. The van der Waals surface area contributed by atoms with Crippen LogP contribution in [0.5, 0.6) is 5.75 Å². The highest BCUT2D eigenvalue weighted by atomic mass is 35.5. The molecular weight excluding hydrogens is 449 g/mol. The van der Waals surface area contributed by atoms with E-state index in [1.807, 2.05) is 31.2 Å². The molecule has 0 aliphatic carbocycles. The van der Waals surface area contributed by atoms with Gasteiger partial charge in [-0.25, -0.2) is 0 Å². The third-order valence-electron chi connectivity index (χ3n) is 4.71. The van der Waals surface area contributed by atoms with Crippen molar-refractivity contribution in [1.82, 2.24) is 10.2 Å². The zero-order valence-electron chi connectivity index (χ0n) is 16.7. The van der Waals surface area contributed by atoms with Gasteiger partial charge in [0.1, 0.15) is 5.75 Å². The first-order valence-corrected chi connectivity index (χ1v) is 10.3. The fourth-order valence-corrected chi connectivity index (χ4v) is 3.60. The van der Waals surface area contributed by atoms with Crippen LogP contribution >= 0.6 is 35.6 Å². The number of nitrogens with two attached hydrogens (primary N) is 1. The van der Waals surface area contributed by atoms with E-state index in [1.54, 1.807) is 6.07 Å². The van der Waals surface area contributed by atoms with Gasteiger partial charge < -0.3 is 20.5 Å². The maximum atomic E-state index is 12.7. The second kappa shape index (κ2) is 11.6. The molecule has 3 N–H and O–H groups in total. The minimum atomic E-state index is -0.276. The lowest BCUT2D eigenvalue weighted by molar-refractivity contribution is -0.0292. The van der Waals surface area contributed by atoms with Gasteiger partial charge in [0.25, 0.3) is 5.91 Å². The molecule has 1 aliphatic rings. The summed E-state index contributed by atoms with van der Waals surface area (Å²) in [6, 6.07) is 10.9. The fraction of sp³-hybridized carbons (Fsp3) is 0.381. The summed E-state index contributed by atoms with van der Waals surface area (Å²) in [5.41, 5.74) is 7.63. The number of amides is 1. The summed E-state index contributed by atoms with van der Waals surface area (Å²) in [5.74, 6) is 0.138. The van der Waals surface area contributed by atoms with Gasteiger partial charge in [-0.15, -0.1) is 12.4 Å². The molecule has 1 saturated heterocycles. The molecule has 1 heterocycles. The van der Waals surface area contributed by atoms with Crippen molar-refractivity contribution in [3.63, 3.8) is 0 Å². The molecule has 0 bridgehead atoms. The Labute approximate surface area is 193 Å². The molecule has 164 valence electrons. The maximum absolute atomic E-state index is 12.7. The molecule has 1 atom stereocenters. The Morgan fingerprint density at radius 2 is 2.07 bits per heavy atom. The van der Waals surface area contributed by atoms with Crippen LogP contribution in [0, 0.1) is 0 Å². The number of ether oxygens (including phenoxy) is 2. The van der Waals surface area contributed by atoms with Crippen molar-refractivity contribution in [1.29, 1.82) is 0 Å². The molecule has 0 aromatic heterocycles. The van der Waals surface area contributed by atoms with E-state index in [2.05, 4.69) is 10.2 Å². The molecule has 1 unspecified atom stereocenters. The molecule has 2 aromatic rings. The number of rotatable bonds is 7. The van der Waals surface area contributed by atoms with Gasteiger partial charge >= 0.3 is 0 Å². The Morgan fingerprint density at radius 3 is 2.80 bits per heavy atom. The van der Waals surface area contributed by atoms with E-state index in [0.29, 0.717) is 48.3 Å². The molecule has 9 heteroatoms. The Morgan fingerprint density at radius 1 is 1.30 bits per heavy atom. The monoisotopic (exact) mass is 473 g/mol. The number of nitrogen functional groups attached to an aromatic ring is 1. The van der Waals surface area contributed by atoms with Crippen molar-refractivity contribution in [2.75, 3.05) is 38.6 Å². The maximum Gasteiger partial charge on any atom is 0.255 e. The van der Waals surface area contributed by atoms with Crippen LogP contribution in [0.3, 0.4) is 0 Å². The number of carbonyl (C=O) groups excluding carboxylic acids is 1. The van der Waals surface area contributed by atoms with E-state index in [9.17, 15) is 4.79 Å². The lowest BCUT2D eigenvalue weighted by atomic mass is 10.1. The summed E-state index contributed by atoms with van der Waals surface area (Å²) in [6.45, 7) is 5.51. The van der Waals surface area contributed by atoms with Crippen LogP contribution in [0.1, 0.15) is 22.8 Å². The van der Waals surface area contributed by atoms with E-state index < -0.39 is 0 Å². The van der Waals surface area contributed by atoms with Crippen LogP contribution in [-0.4, -0.2) is 49.8 Å². The largest absolute Gasteiger partial charge is 0.493 e. The van der Waals surface area contributed by atoms with Crippen LogP contribution in [0.2, 0.25) is 10.0 Å². The first-order valence-electron chi connectivity index (χ1n) is 9.55. The smallest absolute Gasteiger partial charge is 0.255 e. The molecule has 0 radical (unpaired) electrons. The molecule has 0 saturated carbocycles. The normalized spacial score (nSPS) is 16.6. The number of morpholine rings is 1. The number of nitrogens with one attached hydrogen (secondary N) is 1. The summed E-state index contributed by atoms with van der Waals surface area (Å²) >= 11 is 12.4. The first-order chi connectivity index (χ1) is 14.0. The third-order valence-corrected chi connectivity index (χ3v) is 5.40. The second-order valence-electron chi connectivity index (χ2n) is 6.83. The number of halogens is 3. The highest BCUT2D eigenvalue weighted by molar-refractivity contribution is 6.33. The van der Waals surface area contributed by atoms with Crippen molar-refractivity contribution < 1.29 is 14.3 Å². The van der Waals surface area contributed by atoms with Gasteiger partial charge in [-0.1, -0.05) is 41.4 Å². The van der Waals surface area contributed by atoms with E-state index in [0.717, 1.165) is 23.7 Å². The number of hydrogen-bond acceptors (Lipinski definition) is 5. The van der Waals surface area contributed by atoms with Crippen LogP contribution in [0.25, 0.3) is 0 Å². The Bertz CT molecular complexity index is 867.